The number of aryl methyl sites for hydroxylation is 1. The monoisotopic (exact) mass is 492 g/mol. The van der Waals surface area contributed by atoms with Gasteiger partial charge in [-0.05, 0) is 60.1 Å². The van der Waals surface area contributed by atoms with Crippen molar-refractivity contribution in [2.24, 2.45) is 11.7 Å². The third kappa shape index (κ3) is 5.08. The standard InChI is InChI=1S/C29H32N2O3.ClH/c1-19-7-12-24-25(28(19)32)17-26(34-27(24)18-30)22-13-15-31(16-14-22)29(33)23-10-8-21(9-11-23)20-5-3-2-4-6-20;/h2-12,22,26-27,32H,13-18,30H2,1H3;1H/t26-,27-;/m0./s1. The van der Waals surface area contributed by atoms with Gasteiger partial charge in [-0.25, -0.2) is 0 Å². The van der Waals surface area contributed by atoms with Crippen molar-refractivity contribution < 1.29 is 14.6 Å². The van der Waals surface area contributed by atoms with Gasteiger partial charge in [-0.2, -0.15) is 0 Å². The second kappa shape index (κ2) is 10.8. The van der Waals surface area contributed by atoms with Crippen LogP contribution in [0.25, 0.3) is 11.1 Å². The molecule has 1 amide bonds. The Morgan fingerprint density at radius 1 is 1.00 bits per heavy atom. The van der Waals surface area contributed by atoms with Crippen LogP contribution in [-0.4, -0.2) is 41.7 Å². The van der Waals surface area contributed by atoms with Gasteiger partial charge in [-0.15, -0.1) is 12.4 Å². The number of halogens is 1. The number of amides is 1. The van der Waals surface area contributed by atoms with Gasteiger partial charge in [-0.3, -0.25) is 4.79 Å². The van der Waals surface area contributed by atoms with E-state index in [1.807, 2.05) is 66.4 Å². The van der Waals surface area contributed by atoms with Crippen LogP contribution in [0.5, 0.6) is 5.75 Å². The number of nitrogens with two attached hydrogens (primary N) is 1. The van der Waals surface area contributed by atoms with E-state index in [0.29, 0.717) is 37.7 Å². The number of carbonyl (C=O) groups is 1. The Morgan fingerprint density at radius 2 is 1.66 bits per heavy atom. The van der Waals surface area contributed by atoms with Gasteiger partial charge in [0.25, 0.3) is 5.91 Å². The molecule has 1 fully saturated rings. The van der Waals surface area contributed by atoms with Gasteiger partial charge in [0, 0.05) is 37.2 Å². The zero-order chi connectivity index (χ0) is 23.7. The van der Waals surface area contributed by atoms with E-state index in [1.54, 1.807) is 0 Å². The first-order valence-electron chi connectivity index (χ1n) is 12.2. The summed E-state index contributed by atoms with van der Waals surface area (Å²) in [6.07, 6.45) is 2.29. The van der Waals surface area contributed by atoms with Gasteiger partial charge in [0.05, 0.1) is 12.2 Å². The zero-order valence-electron chi connectivity index (χ0n) is 20.0. The summed E-state index contributed by atoms with van der Waals surface area (Å²) in [5, 5.41) is 10.7. The molecule has 3 aromatic carbocycles. The summed E-state index contributed by atoms with van der Waals surface area (Å²) in [7, 11) is 0. The zero-order valence-corrected chi connectivity index (χ0v) is 20.8. The number of carbonyl (C=O) groups excluding carboxylic acids is 1. The maximum absolute atomic E-state index is 13.1. The Morgan fingerprint density at radius 3 is 2.31 bits per heavy atom. The number of likely N-dealkylation sites (tertiary alicyclic amines) is 1. The third-order valence-corrected chi connectivity index (χ3v) is 7.42. The van der Waals surface area contributed by atoms with Gasteiger partial charge in [0.15, 0.2) is 0 Å². The van der Waals surface area contributed by atoms with Crippen LogP contribution in [0.4, 0.5) is 0 Å². The maximum atomic E-state index is 13.1. The first-order valence-corrected chi connectivity index (χ1v) is 12.2. The molecule has 2 aliphatic rings. The van der Waals surface area contributed by atoms with E-state index in [0.717, 1.165) is 46.2 Å². The summed E-state index contributed by atoms with van der Waals surface area (Å²) in [6, 6.07) is 22.0. The molecule has 2 aliphatic heterocycles. The van der Waals surface area contributed by atoms with E-state index in [9.17, 15) is 9.90 Å². The van der Waals surface area contributed by atoms with Crippen LogP contribution in [0.3, 0.4) is 0 Å². The number of phenols is 1. The third-order valence-electron chi connectivity index (χ3n) is 7.42. The van der Waals surface area contributed by atoms with Crippen molar-refractivity contribution in [3.8, 4) is 16.9 Å². The fourth-order valence-corrected chi connectivity index (χ4v) is 5.37. The molecule has 5 rings (SSSR count). The largest absolute Gasteiger partial charge is 0.507 e. The Balaban J connectivity index is 0.00000289. The molecule has 0 bridgehead atoms. The summed E-state index contributed by atoms with van der Waals surface area (Å²) >= 11 is 0. The van der Waals surface area contributed by atoms with Gasteiger partial charge >= 0.3 is 0 Å². The normalized spacial score (nSPS) is 20.1. The lowest BCUT2D eigenvalue weighted by atomic mass is 9.83. The highest BCUT2D eigenvalue weighted by Crippen LogP contribution is 2.40. The van der Waals surface area contributed by atoms with Crippen LogP contribution in [0.2, 0.25) is 0 Å². The first kappa shape index (κ1) is 25.2. The van der Waals surface area contributed by atoms with E-state index in [2.05, 4.69) is 12.1 Å². The number of aromatic hydroxyl groups is 1. The summed E-state index contributed by atoms with van der Waals surface area (Å²) < 4.78 is 6.39. The van der Waals surface area contributed by atoms with Crippen LogP contribution < -0.4 is 5.73 Å². The minimum Gasteiger partial charge on any atom is -0.507 e. The molecule has 0 aromatic heterocycles. The second-order valence-electron chi connectivity index (χ2n) is 9.47. The molecule has 2 heterocycles. The molecule has 184 valence electrons. The minimum atomic E-state index is -0.192. The van der Waals surface area contributed by atoms with Gasteiger partial charge in [-0.1, -0.05) is 54.6 Å². The molecular weight excluding hydrogens is 460 g/mol. The molecule has 5 nitrogen and oxygen atoms in total. The lowest BCUT2D eigenvalue weighted by Crippen LogP contribution is -2.44. The number of hydrogen-bond donors (Lipinski definition) is 2. The molecule has 0 saturated carbocycles. The number of piperidine rings is 1. The lowest BCUT2D eigenvalue weighted by molar-refractivity contribution is -0.0632. The van der Waals surface area contributed by atoms with Gasteiger partial charge in [0.2, 0.25) is 0 Å². The highest BCUT2D eigenvalue weighted by Gasteiger charge is 2.36. The predicted molar refractivity (Wildman–Crippen MR) is 141 cm³/mol. The smallest absolute Gasteiger partial charge is 0.253 e. The fourth-order valence-electron chi connectivity index (χ4n) is 5.37. The molecule has 3 N–H and O–H groups in total. The Labute approximate surface area is 213 Å². The van der Waals surface area contributed by atoms with Crippen LogP contribution in [0, 0.1) is 12.8 Å². The van der Waals surface area contributed by atoms with Gasteiger partial charge < -0.3 is 20.5 Å². The van der Waals surface area contributed by atoms with E-state index >= 15 is 0 Å². The van der Waals surface area contributed by atoms with Crippen molar-refractivity contribution in [3.05, 3.63) is 89.0 Å². The Hall–Kier alpha value is -2.86. The average Bonchev–Trinajstić information content (AvgIpc) is 2.90. The average molecular weight is 493 g/mol. The Kier molecular flexibility index (Phi) is 7.80. The molecule has 1 saturated heterocycles. The predicted octanol–water partition coefficient (Wildman–Crippen LogP) is 5.28. The number of hydrogen-bond acceptors (Lipinski definition) is 4. The molecule has 0 spiro atoms. The number of nitrogens with zero attached hydrogens (tertiary/aromatic N) is 1. The SMILES string of the molecule is Cc1ccc2c(c1O)C[C@@H](C1CCN(C(=O)c3ccc(-c4ccccc4)cc3)CC1)O[C@H]2CN.Cl. The van der Waals surface area contributed by atoms with Crippen molar-refractivity contribution in [1.29, 1.82) is 0 Å². The number of rotatable bonds is 4. The van der Waals surface area contributed by atoms with Crippen molar-refractivity contribution in [2.45, 2.75) is 38.4 Å². The van der Waals surface area contributed by atoms with Crippen LogP contribution >= 0.6 is 12.4 Å². The molecule has 0 unspecified atom stereocenters. The van der Waals surface area contributed by atoms with E-state index in [-0.39, 0.29) is 30.5 Å². The summed E-state index contributed by atoms with van der Waals surface area (Å²) in [5.41, 5.74) is 11.9. The number of ether oxygens (including phenoxy) is 1. The summed E-state index contributed by atoms with van der Waals surface area (Å²) in [6.45, 7) is 3.74. The Bertz CT molecular complexity index is 1160. The van der Waals surface area contributed by atoms with Gasteiger partial charge in [0.1, 0.15) is 5.75 Å². The molecule has 6 heteroatoms. The molecule has 35 heavy (non-hydrogen) atoms. The number of fused-ring (bicyclic) bond motifs is 1. The molecular formula is C29H33ClN2O3. The molecule has 0 aliphatic carbocycles. The van der Waals surface area contributed by atoms with Crippen molar-refractivity contribution in [3.63, 3.8) is 0 Å². The van der Waals surface area contributed by atoms with E-state index < -0.39 is 0 Å². The first-order chi connectivity index (χ1) is 16.5. The highest BCUT2D eigenvalue weighted by atomic mass is 35.5. The summed E-state index contributed by atoms with van der Waals surface area (Å²) in [4.78, 5) is 15.1. The fraction of sp³-hybridized carbons (Fsp3) is 0.345. The highest BCUT2D eigenvalue weighted by molar-refractivity contribution is 5.94. The number of phenolic OH excluding ortho intramolecular Hbond substituents is 1. The topological polar surface area (TPSA) is 75.8 Å². The molecule has 3 aromatic rings. The van der Waals surface area contributed by atoms with Crippen LogP contribution in [0.1, 0.15) is 46.0 Å². The van der Waals surface area contributed by atoms with Crippen molar-refractivity contribution in [2.75, 3.05) is 19.6 Å². The van der Waals surface area contributed by atoms with E-state index in [4.69, 9.17) is 10.5 Å². The van der Waals surface area contributed by atoms with Crippen molar-refractivity contribution >= 4 is 18.3 Å². The summed E-state index contributed by atoms with van der Waals surface area (Å²) in [5.74, 6) is 0.795. The quantitative estimate of drug-likeness (QED) is 0.519. The van der Waals surface area contributed by atoms with Crippen LogP contribution in [-0.2, 0) is 11.2 Å². The minimum absolute atomic E-state index is 0. The second-order valence-corrected chi connectivity index (χ2v) is 9.47. The van der Waals surface area contributed by atoms with E-state index in [1.165, 1.54) is 0 Å². The molecule has 0 radical (unpaired) electrons. The molecule has 2 atom stereocenters. The van der Waals surface area contributed by atoms with Crippen molar-refractivity contribution in [1.82, 2.24) is 4.90 Å². The van der Waals surface area contributed by atoms with Crippen LogP contribution in [0.15, 0.2) is 66.7 Å². The number of benzene rings is 3. The lowest BCUT2D eigenvalue weighted by Gasteiger charge is -2.40. The maximum Gasteiger partial charge on any atom is 0.253 e.